The number of fused-ring (bicyclic) bond motifs is 1. The van der Waals surface area contributed by atoms with Gasteiger partial charge >= 0.3 is 0 Å². The van der Waals surface area contributed by atoms with Crippen molar-refractivity contribution < 1.29 is 8.42 Å². The number of benzene rings is 1. The quantitative estimate of drug-likeness (QED) is 0.821. The molecule has 2 aromatic rings. The van der Waals surface area contributed by atoms with E-state index in [2.05, 4.69) is 14.7 Å². The number of aromatic nitrogens is 2. The second-order valence-corrected chi connectivity index (χ2v) is 6.90. The summed E-state index contributed by atoms with van der Waals surface area (Å²) in [5.74, 6) is 1.01. The molecule has 0 unspecified atom stereocenters. The molecule has 2 rings (SSSR count). The highest BCUT2D eigenvalue weighted by Crippen LogP contribution is 2.15. The van der Waals surface area contributed by atoms with Crippen LogP contribution in [0.5, 0.6) is 0 Å². The van der Waals surface area contributed by atoms with Gasteiger partial charge in [-0.15, -0.1) is 0 Å². The summed E-state index contributed by atoms with van der Waals surface area (Å²) in [5, 5.41) is 0. The Bertz CT molecular complexity index is 677. The molecule has 1 heterocycles. The first-order valence-corrected chi connectivity index (χ1v) is 8.58. The van der Waals surface area contributed by atoms with Gasteiger partial charge < -0.3 is 4.98 Å². The number of hydrogen-bond donors (Lipinski definition) is 2. The number of H-pyrrole nitrogens is 1. The SMILES string of the molecule is CCCCS(=O)(=O)NCCc1nc2c(C)cccc2[nH]1. The van der Waals surface area contributed by atoms with Crippen molar-refractivity contribution in [2.75, 3.05) is 12.3 Å². The third kappa shape index (κ3) is 3.80. The van der Waals surface area contributed by atoms with Gasteiger partial charge in [-0.2, -0.15) is 0 Å². The Balaban J connectivity index is 1.95. The highest BCUT2D eigenvalue weighted by molar-refractivity contribution is 7.89. The Hall–Kier alpha value is -1.40. The molecular formula is C14H21N3O2S. The summed E-state index contributed by atoms with van der Waals surface area (Å²) in [6.45, 7) is 4.37. The second kappa shape index (κ2) is 6.37. The van der Waals surface area contributed by atoms with Crippen molar-refractivity contribution >= 4 is 21.1 Å². The fraction of sp³-hybridized carbons (Fsp3) is 0.500. The first-order valence-electron chi connectivity index (χ1n) is 6.93. The maximum absolute atomic E-state index is 11.7. The zero-order chi connectivity index (χ0) is 14.6. The number of aryl methyl sites for hydroxylation is 1. The molecule has 1 aromatic heterocycles. The smallest absolute Gasteiger partial charge is 0.211 e. The molecule has 0 saturated carbocycles. The predicted molar refractivity (Wildman–Crippen MR) is 81.2 cm³/mol. The molecule has 0 aliphatic rings. The standard InChI is InChI=1S/C14H21N3O2S/c1-3-4-10-20(18,19)15-9-8-13-16-12-7-5-6-11(2)14(12)17-13/h5-7,15H,3-4,8-10H2,1-2H3,(H,16,17). The molecule has 0 spiro atoms. The first-order chi connectivity index (χ1) is 9.52. The van der Waals surface area contributed by atoms with Gasteiger partial charge in [0.05, 0.1) is 16.8 Å². The summed E-state index contributed by atoms with van der Waals surface area (Å²) >= 11 is 0. The van der Waals surface area contributed by atoms with Crippen LogP contribution in [0.2, 0.25) is 0 Å². The van der Waals surface area contributed by atoms with E-state index in [9.17, 15) is 8.42 Å². The van der Waals surface area contributed by atoms with Gasteiger partial charge in [0.15, 0.2) is 0 Å². The molecule has 0 saturated heterocycles. The molecule has 6 heteroatoms. The Morgan fingerprint density at radius 1 is 1.35 bits per heavy atom. The van der Waals surface area contributed by atoms with E-state index in [1.54, 1.807) is 0 Å². The summed E-state index contributed by atoms with van der Waals surface area (Å²) in [7, 11) is -3.14. The highest BCUT2D eigenvalue weighted by atomic mass is 32.2. The van der Waals surface area contributed by atoms with Crippen LogP contribution >= 0.6 is 0 Å². The van der Waals surface area contributed by atoms with Crippen molar-refractivity contribution in [3.05, 3.63) is 29.6 Å². The molecule has 0 bridgehead atoms. The molecule has 2 N–H and O–H groups in total. The lowest BCUT2D eigenvalue weighted by Gasteiger charge is -2.04. The predicted octanol–water partition coefficient (Wildman–Crippen LogP) is 2.13. The molecule has 5 nitrogen and oxygen atoms in total. The fourth-order valence-corrected chi connectivity index (χ4v) is 3.30. The topological polar surface area (TPSA) is 74.8 Å². The van der Waals surface area contributed by atoms with E-state index >= 15 is 0 Å². The maximum Gasteiger partial charge on any atom is 0.211 e. The zero-order valence-corrected chi connectivity index (χ0v) is 12.8. The highest BCUT2D eigenvalue weighted by Gasteiger charge is 2.10. The molecule has 20 heavy (non-hydrogen) atoms. The van der Waals surface area contributed by atoms with Crippen molar-refractivity contribution in [1.29, 1.82) is 0 Å². The average Bonchev–Trinajstić information content (AvgIpc) is 2.81. The van der Waals surface area contributed by atoms with Gasteiger partial charge in [0.1, 0.15) is 5.82 Å². The lowest BCUT2D eigenvalue weighted by Crippen LogP contribution is -2.28. The largest absolute Gasteiger partial charge is 0.342 e. The Kier molecular flexibility index (Phi) is 4.77. The van der Waals surface area contributed by atoms with Gasteiger partial charge in [0.25, 0.3) is 0 Å². The minimum Gasteiger partial charge on any atom is -0.342 e. The van der Waals surface area contributed by atoms with Crippen molar-refractivity contribution in [3.63, 3.8) is 0 Å². The maximum atomic E-state index is 11.7. The number of nitrogens with zero attached hydrogens (tertiary/aromatic N) is 1. The van der Waals surface area contributed by atoms with E-state index in [0.29, 0.717) is 19.4 Å². The molecule has 0 amide bonds. The lowest BCUT2D eigenvalue weighted by molar-refractivity contribution is 0.577. The van der Waals surface area contributed by atoms with Crippen LogP contribution in [0, 0.1) is 6.92 Å². The number of unbranched alkanes of at least 4 members (excludes halogenated alkanes) is 1. The van der Waals surface area contributed by atoms with E-state index in [1.165, 1.54) is 0 Å². The third-order valence-electron chi connectivity index (χ3n) is 3.21. The van der Waals surface area contributed by atoms with E-state index in [4.69, 9.17) is 0 Å². The second-order valence-electron chi connectivity index (χ2n) is 4.97. The monoisotopic (exact) mass is 295 g/mol. The van der Waals surface area contributed by atoms with Crippen LogP contribution in [0.25, 0.3) is 11.0 Å². The van der Waals surface area contributed by atoms with Crippen molar-refractivity contribution in [3.8, 4) is 0 Å². The van der Waals surface area contributed by atoms with Crippen LogP contribution in [0.1, 0.15) is 31.2 Å². The average molecular weight is 295 g/mol. The Morgan fingerprint density at radius 3 is 2.85 bits per heavy atom. The number of imidazole rings is 1. The minimum absolute atomic E-state index is 0.197. The molecular weight excluding hydrogens is 274 g/mol. The van der Waals surface area contributed by atoms with E-state index in [0.717, 1.165) is 28.8 Å². The Morgan fingerprint density at radius 2 is 2.15 bits per heavy atom. The number of hydrogen-bond acceptors (Lipinski definition) is 3. The van der Waals surface area contributed by atoms with Crippen LogP contribution in [0.4, 0.5) is 0 Å². The van der Waals surface area contributed by atoms with E-state index in [1.807, 2.05) is 32.0 Å². The fourth-order valence-electron chi connectivity index (χ4n) is 2.08. The number of nitrogens with one attached hydrogen (secondary N) is 2. The number of rotatable bonds is 7. The van der Waals surface area contributed by atoms with Gasteiger partial charge in [-0.1, -0.05) is 25.5 Å². The van der Waals surface area contributed by atoms with E-state index < -0.39 is 10.0 Å². The molecule has 0 aliphatic carbocycles. The van der Waals surface area contributed by atoms with E-state index in [-0.39, 0.29) is 5.75 Å². The summed E-state index contributed by atoms with van der Waals surface area (Å²) in [6.07, 6.45) is 2.14. The van der Waals surface area contributed by atoms with Gasteiger partial charge in [0, 0.05) is 13.0 Å². The molecule has 110 valence electrons. The van der Waals surface area contributed by atoms with Crippen LogP contribution in [0.3, 0.4) is 0 Å². The molecule has 0 fully saturated rings. The summed E-state index contributed by atoms with van der Waals surface area (Å²) in [4.78, 5) is 7.72. The van der Waals surface area contributed by atoms with Gasteiger partial charge in [-0.25, -0.2) is 18.1 Å². The van der Waals surface area contributed by atoms with Crippen molar-refractivity contribution in [1.82, 2.24) is 14.7 Å². The third-order valence-corrected chi connectivity index (χ3v) is 4.68. The summed E-state index contributed by atoms with van der Waals surface area (Å²) in [5.41, 5.74) is 3.07. The minimum atomic E-state index is -3.14. The molecule has 0 radical (unpaired) electrons. The molecule has 1 aromatic carbocycles. The van der Waals surface area contributed by atoms with Crippen molar-refractivity contribution in [2.45, 2.75) is 33.1 Å². The van der Waals surface area contributed by atoms with Crippen LogP contribution < -0.4 is 4.72 Å². The number of sulfonamides is 1. The normalized spacial score (nSPS) is 12.1. The van der Waals surface area contributed by atoms with Crippen LogP contribution in [-0.4, -0.2) is 30.7 Å². The van der Waals surface area contributed by atoms with Crippen LogP contribution in [0.15, 0.2) is 18.2 Å². The zero-order valence-electron chi connectivity index (χ0n) is 11.9. The first kappa shape index (κ1) is 15.0. The van der Waals surface area contributed by atoms with Crippen LogP contribution in [-0.2, 0) is 16.4 Å². The molecule has 0 atom stereocenters. The lowest BCUT2D eigenvalue weighted by atomic mass is 10.2. The van der Waals surface area contributed by atoms with Gasteiger partial charge in [0.2, 0.25) is 10.0 Å². The summed E-state index contributed by atoms with van der Waals surface area (Å²) in [6, 6.07) is 5.97. The molecule has 0 aliphatic heterocycles. The van der Waals surface area contributed by atoms with Gasteiger partial charge in [-0.05, 0) is 25.0 Å². The van der Waals surface area contributed by atoms with Crippen molar-refractivity contribution in [2.24, 2.45) is 0 Å². The number of aromatic amines is 1. The summed E-state index contributed by atoms with van der Waals surface area (Å²) < 4.78 is 25.9. The van der Waals surface area contributed by atoms with Gasteiger partial charge in [-0.3, -0.25) is 0 Å². The number of para-hydroxylation sites is 1. The Labute approximate surface area is 119 Å².